The zero-order chi connectivity index (χ0) is 13.9. The Morgan fingerprint density at radius 1 is 1.21 bits per heavy atom. The van der Waals surface area contributed by atoms with Crippen LogP contribution in [-0.2, 0) is 0 Å². The van der Waals surface area contributed by atoms with Crippen molar-refractivity contribution in [2.24, 2.45) is 0 Å². The number of nitrogens with one attached hydrogen (secondary N) is 2. The summed E-state index contributed by atoms with van der Waals surface area (Å²) in [5, 5.41) is 0. The lowest BCUT2D eigenvalue weighted by Crippen LogP contribution is -2.38. The van der Waals surface area contributed by atoms with Gasteiger partial charge < -0.3 is 0 Å². The first-order chi connectivity index (χ1) is 8.96. The Balaban J connectivity index is 2.21. The molecule has 0 radical (unpaired) electrons. The van der Waals surface area contributed by atoms with Crippen molar-refractivity contribution in [1.82, 2.24) is 24.9 Å². The van der Waals surface area contributed by atoms with Crippen molar-refractivity contribution in [3.63, 3.8) is 0 Å². The smallest absolute Gasteiger partial charge is 0.282 e. The van der Waals surface area contributed by atoms with Crippen molar-refractivity contribution >= 4 is 5.95 Å². The lowest BCUT2D eigenvalue weighted by molar-refractivity contribution is -0.151. The Kier molecular flexibility index (Phi) is 3.42. The van der Waals surface area contributed by atoms with Crippen LogP contribution >= 0.6 is 0 Å². The van der Waals surface area contributed by atoms with Gasteiger partial charge in [-0.1, -0.05) is 0 Å². The molecular formula is C9H7F3N6O. The highest BCUT2D eigenvalue weighted by molar-refractivity contribution is 5.29. The summed E-state index contributed by atoms with van der Waals surface area (Å²) in [6.07, 6.45) is -0.674. The van der Waals surface area contributed by atoms with E-state index in [-0.39, 0.29) is 0 Å². The fourth-order valence-electron chi connectivity index (χ4n) is 1.20. The highest BCUT2D eigenvalue weighted by Gasteiger charge is 2.27. The number of hydrogen-bond donors (Lipinski definition) is 2. The van der Waals surface area contributed by atoms with Gasteiger partial charge in [0.15, 0.2) is 0 Å². The maximum Gasteiger partial charge on any atom is 0.474 e. The van der Waals surface area contributed by atoms with Gasteiger partial charge in [0.05, 0.1) is 5.69 Å². The van der Waals surface area contributed by atoms with Crippen LogP contribution in [0, 0.1) is 0 Å². The lowest BCUT2D eigenvalue weighted by Gasteiger charge is -2.10. The van der Waals surface area contributed by atoms with E-state index in [1.807, 2.05) is 0 Å². The van der Waals surface area contributed by atoms with Crippen LogP contribution in [0.4, 0.5) is 19.1 Å². The molecule has 0 fully saturated rings. The largest absolute Gasteiger partial charge is 0.474 e. The monoisotopic (exact) mass is 272 g/mol. The first kappa shape index (κ1) is 13.0. The molecule has 0 aliphatic heterocycles. The molecule has 2 N–H and O–H groups in total. The second-order valence-corrected chi connectivity index (χ2v) is 3.29. The van der Waals surface area contributed by atoms with E-state index < -0.39 is 17.9 Å². The van der Waals surface area contributed by atoms with Crippen molar-refractivity contribution in [3.8, 4) is 5.69 Å². The molecule has 0 spiro atoms. The number of hydrazine groups is 1. The third kappa shape index (κ3) is 3.48. The average Bonchev–Trinajstić information content (AvgIpc) is 2.37. The van der Waals surface area contributed by atoms with Crippen molar-refractivity contribution in [2.45, 2.75) is 6.30 Å². The van der Waals surface area contributed by atoms with Gasteiger partial charge in [-0.2, -0.15) is 18.2 Å². The first-order valence-corrected chi connectivity index (χ1v) is 4.92. The molecule has 2 heterocycles. The van der Waals surface area contributed by atoms with Gasteiger partial charge in [-0.15, -0.1) is 5.43 Å². The Labute approximate surface area is 104 Å². The summed E-state index contributed by atoms with van der Waals surface area (Å²) >= 11 is 0. The molecule has 10 heteroatoms. The van der Waals surface area contributed by atoms with Crippen LogP contribution in [0.5, 0.6) is 0 Å². The van der Waals surface area contributed by atoms with Crippen molar-refractivity contribution in [3.05, 3.63) is 41.3 Å². The fraction of sp³-hybridized carbons (Fsp3) is 0.111. The number of aromatic nitrogens is 4. The third-order valence-corrected chi connectivity index (χ3v) is 1.96. The van der Waals surface area contributed by atoms with Crippen molar-refractivity contribution < 1.29 is 13.2 Å². The summed E-state index contributed by atoms with van der Waals surface area (Å²) in [4.78, 5) is 22.3. The van der Waals surface area contributed by atoms with Crippen LogP contribution in [0.15, 0.2) is 35.6 Å². The van der Waals surface area contributed by atoms with Gasteiger partial charge in [0.2, 0.25) is 5.95 Å². The molecule has 0 aliphatic carbocycles. The Morgan fingerprint density at radius 2 is 1.89 bits per heavy atom. The summed E-state index contributed by atoms with van der Waals surface area (Å²) in [6, 6.07) is 3.07. The van der Waals surface area contributed by atoms with E-state index in [9.17, 15) is 18.0 Å². The van der Waals surface area contributed by atoms with E-state index in [1.54, 1.807) is 5.43 Å². The van der Waals surface area contributed by atoms with Crippen molar-refractivity contribution in [2.75, 3.05) is 5.43 Å². The number of hydrogen-bond acceptors (Lipinski definition) is 6. The predicted octanol–water partition coefficient (Wildman–Crippen LogP) is 0.459. The Morgan fingerprint density at radius 3 is 2.47 bits per heavy atom. The van der Waals surface area contributed by atoms with Crippen LogP contribution in [0.25, 0.3) is 5.69 Å². The molecule has 2 aromatic rings. The minimum Gasteiger partial charge on any atom is -0.282 e. The standard InChI is InChI=1S/C9H7F3N6O/c10-9(11,12)17-16-7-14-5-18(8(19)15-7)6-1-3-13-4-2-6/h1-5,17H,(H,15,16,19). The van der Waals surface area contributed by atoms with Gasteiger partial charge in [-0.25, -0.2) is 9.78 Å². The minimum atomic E-state index is -4.65. The molecule has 2 rings (SSSR count). The number of halogens is 3. The van der Waals surface area contributed by atoms with E-state index in [0.29, 0.717) is 5.69 Å². The van der Waals surface area contributed by atoms with Crippen LogP contribution in [0.1, 0.15) is 0 Å². The summed E-state index contributed by atoms with van der Waals surface area (Å²) in [5.41, 5.74) is 2.36. The molecule has 0 bridgehead atoms. The van der Waals surface area contributed by atoms with Gasteiger partial charge >= 0.3 is 12.0 Å². The van der Waals surface area contributed by atoms with Crippen molar-refractivity contribution in [1.29, 1.82) is 0 Å². The van der Waals surface area contributed by atoms with E-state index in [1.165, 1.54) is 24.5 Å². The molecule has 0 amide bonds. The second kappa shape index (κ2) is 5.02. The summed E-state index contributed by atoms with van der Waals surface area (Å²) in [5.74, 6) is -0.479. The molecule has 0 saturated carbocycles. The highest BCUT2D eigenvalue weighted by Crippen LogP contribution is 2.09. The highest BCUT2D eigenvalue weighted by atomic mass is 19.4. The molecular weight excluding hydrogens is 265 g/mol. The maximum absolute atomic E-state index is 11.9. The molecule has 0 aromatic carbocycles. The quantitative estimate of drug-likeness (QED) is 0.623. The number of nitrogens with zero attached hydrogens (tertiary/aromatic N) is 4. The minimum absolute atomic E-state index is 0.454. The van der Waals surface area contributed by atoms with Gasteiger partial charge in [-0.3, -0.25) is 15.0 Å². The average molecular weight is 272 g/mol. The number of pyridine rings is 1. The first-order valence-electron chi connectivity index (χ1n) is 4.92. The number of alkyl halides is 3. The SMILES string of the molecule is O=c1nc(NNC(F)(F)F)ncn1-c1ccncc1. The molecule has 0 saturated heterocycles. The van der Waals surface area contributed by atoms with Crippen LogP contribution in [0.2, 0.25) is 0 Å². The van der Waals surface area contributed by atoms with Gasteiger partial charge in [-0.05, 0) is 12.1 Å². The van der Waals surface area contributed by atoms with E-state index in [2.05, 4.69) is 15.0 Å². The van der Waals surface area contributed by atoms with Gasteiger partial charge in [0.25, 0.3) is 0 Å². The Bertz CT molecular complexity index is 611. The zero-order valence-electron chi connectivity index (χ0n) is 9.22. The normalized spacial score (nSPS) is 11.3. The topological polar surface area (TPSA) is 84.7 Å². The summed E-state index contributed by atoms with van der Waals surface area (Å²) in [6.45, 7) is 0. The maximum atomic E-state index is 11.9. The molecule has 19 heavy (non-hydrogen) atoms. The van der Waals surface area contributed by atoms with E-state index >= 15 is 0 Å². The number of rotatable bonds is 3. The fourth-order valence-corrected chi connectivity index (χ4v) is 1.20. The molecule has 0 aliphatic rings. The third-order valence-electron chi connectivity index (χ3n) is 1.96. The summed E-state index contributed by atoms with van der Waals surface area (Å²) < 4.78 is 36.7. The predicted molar refractivity (Wildman–Crippen MR) is 58.2 cm³/mol. The van der Waals surface area contributed by atoms with Gasteiger partial charge in [0.1, 0.15) is 6.33 Å². The van der Waals surface area contributed by atoms with Crippen LogP contribution < -0.4 is 16.5 Å². The molecule has 0 atom stereocenters. The molecule has 0 unspecified atom stereocenters. The zero-order valence-corrected chi connectivity index (χ0v) is 9.22. The number of anilines is 1. The van der Waals surface area contributed by atoms with Crippen LogP contribution in [-0.4, -0.2) is 25.8 Å². The molecule has 7 nitrogen and oxygen atoms in total. The Hall–Kier alpha value is -2.49. The van der Waals surface area contributed by atoms with E-state index in [4.69, 9.17) is 0 Å². The second-order valence-electron chi connectivity index (χ2n) is 3.29. The molecule has 2 aromatic heterocycles. The molecule has 100 valence electrons. The summed E-state index contributed by atoms with van der Waals surface area (Å²) in [7, 11) is 0. The van der Waals surface area contributed by atoms with Crippen LogP contribution in [0.3, 0.4) is 0 Å². The lowest BCUT2D eigenvalue weighted by atomic mass is 10.4. The van der Waals surface area contributed by atoms with Gasteiger partial charge in [0, 0.05) is 12.4 Å². The van der Waals surface area contributed by atoms with E-state index in [0.717, 1.165) is 16.3 Å².